The first kappa shape index (κ1) is 18.0. The number of para-hydroxylation sites is 1. The molecular formula is C19H21ClFN3S. The number of halogens is 2. The minimum absolute atomic E-state index is 0.0782. The average molecular weight is 378 g/mol. The van der Waals surface area contributed by atoms with Gasteiger partial charge in [-0.2, -0.15) is 0 Å². The third kappa shape index (κ3) is 4.41. The third-order valence-electron chi connectivity index (χ3n) is 4.39. The number of hydrogen-bond acceptors (Lipinski definition) is 2. The maximum Gasteiger partial charge on any atom is 0.170 e. The van der Waals surface area contributed by atoms with Gasteiger partial charge in [0.05, 0.1) is 5.02 Å². The molecule has 2 N–H and O–H groups in total. The summed E-state index contributed by atoms with van der Waals surface area (Å²) in [4.78, 5) is 2.45. The predicted octanol–water partition coefficient (Wildman–Crippen LogP) is 4.61. The molecule has 25 heavy (non-hydrogen) atoms. The Morgan fingerprint density at radius 1 is 1.32 bits per heavy atom. The zero-order valence-corrected chi connectivity index (χ0v) is 15.6. The van der Waals surface area contributed by atoms with Crippen LogP contribution < -0.4 is 15.5 Å². The van der Waals surface area contributed by atoms with Crippen molar-refractivity contribution in [2.75, 3.05) is 23.3 Å². The molecule has 2 aromatic carbocycles. The van der Waals surface area contributed by atoms with E-state index in [0.717, 1.165) is 25.9 Å². The molecule has 0 radical (unpaired) electrons. The van der Waals surface area contributed by atoms with Crippen LogP contribution in [0.2, 0.25) is 5.02 Å². The van der Waals surface area contributed by atoms with E-state index in [0.29, 0.717) is 16.8 Å². The molecule has 0 saturated heterocycles. The van der Waals surface area contributed by atoms with E-state index in [-0.39, 0.29) is 5.02 Å². The lowest BCUT2D eigenvalue weighted by molar-refractivity contribution is 0.628. The van der Waals surface area contributed by atoms with E-state index in [9.17, 15) is 4.39 Å². The van der Waals surface area contributed by atoms with Crippen molar-refractivity contribution in [3.63, 3.8) is 0 Å². The zero-order valence-electron chi connectivity index (χ0n) is 14.1. The fourth-order valence-corrected chi connectivity index (χ4v) is 3.57. The van der Waals surface area contributed by atoms with Gasteiger partial charge in [-0.1, -0.05) is 29.8 Å². The van der Waals surface area contributed by atoms with Crippen LogP contribution in [0.25, 0.3) is 0 Å². The molecule has 0 saturated carbocycles. The molecule has 0 spiro atoms. The van der Waals surface area contributed by atoms with E-state index < -0.39 is 5.82 Å². The Bertz CT molecular complexity index is 768. The Labute approximate surface area is 158 Å². The van der Waals surface area contributed by atoms with Gasteiger partial charge in [-0.3, -0.25) is 0 Å². The van der Waals surface area contributed by atoms with Crippen LogP contribution in [0.15, 0.2) is 42.5 Å². The summed E-state index contributed by atoms with van der Waals surface area (Å²) in [5.41, 5.74) is 3.44. The van der Waals surface area contributed by atoms with Gasteiger partial charge >= 0.3 is 0 Å². The van der Waals surface area contributed by atoms with Crippen molar-refractivity contribution < 1.29 is 4.39 Å². The quantitative estimate of drug-likeness (QED) is 0.588. The summed E-state index contributed by atoms with van der Waals surface area (Å²) in [6.07, 6.45) is 2.08. The Hall–Kier alpha value is -1.85. The molecule has 1 aliphatic heterocycles. The van der Waals surface area contributed by atoms with E-state index in [1.165, 1.54) is 23.4 Å². The lowest BCUT2D eigenvalue weighted by Crippen LogP contribution is -2.34. The highest BCUT2D eigenvalue weighted by molar-refractivity contribution is 7.80. The molecule has 0 aliphatic carbocycles. The Morgan fingerprint density at radius 3 is 2.92 bits per heavy atom. The normalized spacial score (nSPS) is 15.8. The largest absolute Gasteiger partial charge is 0.368 e. The molecule has 3 nitrogen and oxygen atoms in total. The predicted molar refractivity (Wildman–Crippen MR) is 107 cm³/mol. The molecule has 2 aromatic rings. The van der Waals surface area contributed by atoms with Gasteiger partial charge in [0.25, 0.3) is 0 Å². The molecule has 1 heterocycles. The van der Waals surface area contributed by atoms with Gasteiger partial charge in [-0.15, -0.1) is 0 Å². The lowest BCUT2D eigenvalue weighted by Gasteiger charge is -2.25. The maximum absolute atomic E-state index is 13.2. The first-order chi connectivity index (χ1) is 12.0. The summed E-state index contributed by atoms with van der Waals surface area (Å²) >= 11 is 11.0. The number of anilines is 2. The number of rotatable bonds is 5. The SMILES string of the molecule is C[C@@H]1Cc2ccccc2N1CCCNC(=S)Nc1ccc(F)c(Cl)c1. The zero-order chi connectivity index (χ0) is 17.8. The fraction of sp³-hybridized carbons (Fsp3) is 0.316. The highest BCUT2D eigenvalue weighted by atomic mass is 35.5. The summed E-state index contributed by atoms with van der Waals surface area (Å²) in [6.45, 7) is 4.01. The summed E-state index contributed by atoms with van der Waals surface area (Å²) < 4.78 is 13.2. The summed E-state index contributed by atoms with van der Waals surface area (Å²) in [5, 5.41) is 6.79. The fourth-order valence-electron chi connectivity index (χ4n) is 3.17. The second kappa shape index (κ2) is 8.02. The first-order valence-corrected chi connectivity index (χ1v) is 9.17. The van der Waals surface area contributed by atoms with Gasteiger partial charge in [-0.05, 0) is 61.8 Å². The monoisotopic (exact) mass is 377 g/mol. The number of nitrogens with zero attached hydrogens (tertiary/aromatic N) is 1. The van der Waals surface area contributed by atoms with E-state index in [4.69, 9.17) is 23.8 Å². The number of nitrogens with one attached hydrogen (secondary N) is 2. The minimum atomic E-state index is -0.439. The van der Waals surface area contributed by atoms with Gasteiger partial charge in [-0.25, -0.2) is 4.39 Å². The van der Waals surface area contributed by atoms with Crippen molar-refractivity contribution in [3.8, 4) is 0 Å². The van der Waals surface area contributed by atoms with Crippen LogP contribution in [0.5, 0.6) is 0 Å². The summed E-state index contributed by atoms with van der Waals surface area (Å²) in [7, 11) is 0. The maximum atomic E-state index is 13.2. The van der Waals surface area contributed by atoms with Gasteiger partial charge in [0.1, 0.15) is 5.82 Å². The van der Waals surface area contributed by atoms with Gasteiger partial charge < -0.3 is 15.5 Å². The second-order valence-electron chi connectivity index (χ2n) is 6.24. The van der Waals surface area contributed by atoms with Gasteiger partial charge in [0, 0.05) is 30.5 Å². The van der Waals surface area contributed by atoms with Crippen molar-refractivity contribution in [1.82, 2.24) is 5.32 Å². The Kier molecular flexibility index (Phi) is 5.76. The molecular weight excluding hydrogens is 357 g/mol. The number of fused-ring (bicyclic) bond motifs is 1. The molecule has 6 heteroatoms. The molecule has 0 aromatic heterocycles. The van der Waals surface area contributed by atoms with Crippen LogP contribution in [-0.4, -0.2) is 24.2 Å². The minimum Gasteiger partial charge on any atom is -0.368 e. The van der Waals surface area contributed by atoms with Crippen LogP contribution in [0.3, 0.4) is 0 Å². The molecule has 1 aliphatic rings. The van der Waals surface area contributed by atoms with Crippen LogP contribution in [0.1, 0.15) is 18.9 Å². The number of hydrogen-bond donors (Lipinski definition) is 2. The van der Waals surface area contributed by atoms with Crippen LogP contribution >= 0.6 is 23.8 Å². The number of thiocarbonyl (C=S) groups is 1. The summed E-state index contributed by atoms with van der Waals surface area (Å²) in [5.74, 6) is -0.439. The van der Waals surface area contributed by atoms with Crippen molar-refractivity contribution in [3.05, 3.63) is 58.9 Å². The van der Waals surface area contributed by atoms with E-state index in [1.807, 2.05) is 0 Å². The van der Waals surface area contributed by atoms with Crippen molar-refractivity contribution in [1.29, 1.82) is 0 Å². The first-order valence-electron chi connectivity index (χ1n) is 8.39. The third-order valence-corrected chi connectivity index (χ3v) is 4.92. The average Bonchev–Trinajstić information content (AvgIpc) is 2.90. The molecule has 0 unspecified atom stereocenters. The summed E-state index contributed by atoms with van der Waals surface area (Å²) in [6, 6.07) is 13.6. The van der Waals surface area contributed by atoms with Gasteiger partial charge in [0.15, 0.2) is 5.11 Å². The van der Waals surface area contributed by atoms with E-state index in [1.54, 1.807) is 6.07 Å². The van der Waals surface area contributed by atoms with Crippen molar-refractivity contribution in [2.45, 2.75) is 25.8 Å². The topological polar surface area (TPSA) is 27.3 Å². The smallest absolute Gasteiger partial charge is 0.170 e. The molecule has 1 atom stereocenters. The molecule has 0 bridgehead atoms. The van der Waals surface area contributed by atoms with Crippen molar-refractivity contribution >= 4 is 40.3 Å². The lowest BCUT2D eigenvalue weighted by atomic mass is 10.1. The number of benzene rings is 2. The van der Waals surface area contributed by atoms with Crippen LogP contribution in [-0.2, 0) is 6.42 Å². The molecule has 0 amide bonds. The molecule has 132 valence electrons. The van der Waals surface area contributed by atoms with E-state index >= 15 is 0 Å². The molecule has 0 fully saturated rings. The Balaban J connectivity index is 1.44. The molecule has 3 rings (SSSR count). The van der Waals surface area contributed by atoms with Crippen LogP contribution in [0, 0.1) is 5.82 Å². The van der Waals surface area contributed by atoms with E-state index in [2.05, 4.69) is 46.7 Å². The van der Waals surface area contributed by atoms with Crippen molar-refractivity contribution in [2.24, 2.45) is 0 Å². The highest BCUT2D eigenvalue weighted by Gasteiger charge is 2.24. The van der Waals surface area contributed by atoms with Crippen LogP contribution in [0.4, 0.5) is 15.8 Å². The Morgan fingerprint density at radius 2 is 2.12 bits per heavy atom. The van der Waals surface area contributed by atoms with Gasteiger partial charge in [0.2, 0.25) is 0 Å². The second-order valence-corrected chi connectivity index (χ2v) is 7.05. The standard InChI is InChI=1S/C19H21ClFN3S/c1-13-11-14-5-2-3-6-18(14)24(13)10-4-9-22-19(25)23-15-7-8-17(21)16(20)12-15/h2-3,5-8,12-13H,4,9-11H2,1H3,(H2,22,23,25)/t13-/m1/s1. The highest BCUT2D eigenvalue weighted by Crippen LogP contribution is 2.31.